The highest BCUT2D eigenvalue weighted by Gasteiger charge is 2.69. The van der Waals surface area contributed by atoms with Crippen molar-refractivity contribution in [2.45, 2.75) is 111 Å². The standard InChI is InChI=1S/C30H48O4/c1-19(9-8-13-26(2,3)34)20-11-16-30(18-31)25-21(10-15-29(20,30)7)28(6)14-12-24(33)27(4,5)23(28)17-22(25)32/h8,13,17-22,24-25,32-34H,9-12,14-16H2,1-7H3. The molecular weight excluding hydrogens is 424 g/mol. The van der Waals surface area contributed by atoms with E-state index in [2.05, 4.69) is 40.7 Å². The first-order valence-corrected chi connectivity index (χ1v) is 13.6. The van der Waals surface area contributed by atoms with Crippen molar-refractivity contribution in [1.82, 2.24) is 0 Å². The van der Waals surface area contributed by atoms with E-state index in [1.165, 1.54) is 11.9 Å². The summed E-state index contributed by atoms with van der Waals surface area (Å²) >= 11 is 0. The number of allylic oxidation sites excluding steroid dienone is 1. The molecule has 3 fully saturated rings. The fourth-order valence-electron chi connectivity index (χ4n) is 9.39. The third-order valence-electron chi connectivity index (χ3n) is 11.3. The Morgan fingerprint density at radius 2 is 1.76 bits per heavy atom. The van der Waals surface area contributed by atoms with E-state index in [-0.39, 0.29) is 28.1 Å². The first-order chi connectivity index (χ1) is 15.6. The molecule has 192 valence electrons. The summed E-state index contributed by atoms with van der Waals surface area (Å²) in [4.78, 5) is 13.1. The van der Waals surface area contributed by atoms with Gasteiger partial charge in [0.25, 0.3) is 0 Å². The Hall–Kier alpha value is -0.970. The van der Waals surface area contributed by atoms with E-state index in [4.69, 9.17) is 0 Å². The van der Waals surface area contributed by atoms with Gasteiger partial charge in [0.15, 0.2) is 0 Å². The first kappa shape index (κ1) is 26.1. The fraction of sp³-hybridized carbons (Fsp3) is 0.833. The largest absolute Gasteiger partial charge is 0.392 e. The second-order valence-electron chi connectivity index (χ2n) is 13.9. The predicted molar refractivity (Wildman–Crippen MR) is 136 cm³/mol. The molecule has 0 aromatic rings. The Morgan fingerprint density at radius 1 is 1.09 bits per heavy atom. The van der Waals surface area contributed by atoms with Gasteiger partial charge in [0.1, 0.15) is 6.29 Å². The molecule has 4 heteroatoms. The Labute approximate surface area is 206 Å². The number of rotatable bonds is 5. The number of aliphatic hydroxyl groups excluding tert-OH is 2. The molecule has 4 aliphatic rings. The van der Waals surface area contributed by atoms with Crippen molar-refractivity contribution >= 4 is 6.29 Å². The number of aldehydes is 1. The number of hydrogen-bond donors (Lipinski definition) is 3. The van der Waals surface area contributed by atoms with E-state index >= 15 is 0 Å². The lowest BCUT2D eigenvalue weighted by molar-refractivity contribution is -0.168. The predicted octanol–water partition coefficient (Wildman–Crippen LogP) is 5.46. The average Bonchev–Trinajstić information content (AvgIpc) is 3.05. The van der Waals surface area contributed by atoms with Crippen molar-refractivity contribution in [2.24, 2.45) is 45.3 Å². The molecule has 4 aliphatic carbocycles. The van der Waals surface area contributed by atoms with Crippen LogP contribution in [0.15, 0.2) is 23.8 Å². The quantitative estimate of drug-likeness (QED) is 0.367. The second kappa shape index (κ2) is 8.28. The van der Waals surface area contributed by atoms with Crippen molar-refractivity contribution in [1.29, 1.82) is 0 Å². The van der Waals surface area contributed by atoms with Gasteiger partial charge in [-0.1, -0.05) is 58.4 Å². The minimum absolute atomic E-state index is 0.0624. The van der Waals surface area contributed by atoms with Gasteiger partial charge in [-0.05, 0) is 87.4 Å². The topological polar surface area (TPSA) is 77.8 Å². The van der Waals surface area contributed by atoms with Gasteiger partial charge in [-0.15, -0.1) is 0 Å². The maximum Gasteiger partial charge on any atom is 0.127 e. The van der Waals surface area contributed by atoms with E-state index in [0.717, 1.165) is 44.9 Å². The number of carbonyl (C=O) groups is 1. The van der Waals surface area contributed by atoms with Gasteiger partial charge in [0.2, 0.25) is 0 Å². The third kappa shape index (κ3) is 3.61. The molecule has 0 aliphatic heterocycles. The molecular formula is C30H48O4. The van der Waals surface area contributed by atoms with E-state index in [9.17, 15) is 20.1 Å². The van der Waals surface area contributed by atoms with Crippen LogP contribution in [-0.2, 0) is 4.79 Å². The molecule has 0 aromatic heterocycles. The van der Waals surface area contributed by atoms with Crippen molar-refractivity contribution in [3.8, 4) is 0 Å². The van der Waals surface area contributed by atoms with E-state index in [0.29, 0.717) is 11.8 Å². The van der Waals surface area contributed by atoms with Gasteiger partial charge in [0, 0.05) is 16.7 Å². The molecule has 9 atom stereocenters. The van der Waals surface area contributed by atoms with Crippen LogP contribution in [0.5, 0.6) is 0 Å². The number of aliphatic hydroxyl groups is 3. The van der Waals surface area contributed by atoms with Gasteiger partial charge in [-0.25, -0.2) is 0 Å². The number of carbonyl (C=O) groups excluding carboxylic acids is 1. The molecule has 3 N–H and O–H groups in total. The average molecular weight is 473 g/mol. The van der Waals surface area contributed by atoms with E-state index < -0.39 is 23.2 Å². The van der Waals surface area contributed by atoms with Crippen molar-refractivity contribution in [2.75, 3.05) is 0 Å². The zero-order valence-electron chi connectivity index (χ0n) is 22.5. The van der Waals surface area contributed by atoms with Crippen LogP contribution in [0.2, 0.25) is 0 Å². The van der Waals surface area contributed by atoms with Gasteiger partial charge in [-0.3, -0.25) is 0 Å². The number of fused-ring (bicyclic) bond motifs is 5. The Bertz CT molecular complexity index is 866. The minimum atomic E-state index is -0.809. The maximum atomic E-state index is 13.1. The summed E-state index contributed by atoms with van der Waals surface area (Å²) in [6.07, 6.45) is 12.7. The van der Waals surface area contributed by atoms with Crippen LogP contribution in [-0.4, -0.2) is 39.4 Å². The van der Waals surface area contributed by atoms with E-state index in [1.54, 1.807) is 13.8 Å². The zero-order valence-corrected chi connectivity index (χ0v) is 22.5. The van der Waals surface area contributed by atoms with Gasteiger partial charge < -0.3 is 20.1 Å². The molecule has 9 unspecified atom stereocenters. The Kier molecular flexibility index (Phi) is 6.36. The van der Waals surface area contributed by atoms with Gasteiger partial charge >= 0.3 is 0 Å². The normalized spacial score (nSPS) is 46.9. The highest BCUT2D eigenvalue weighted by Crippen LogP contribution is 2.73. The van der Waals surface area contributed by atoms with Crippen molar-refractivity contribution in [3.05, 3.63) is 23.8 Å². The lowest BCUT2D eigenvalue weighted by Gasteiger charge is -2.64. The monoisotopic (exact) mass is 472 g/mol. The van der Waals surface area contributed by atoms with Crippen molar-refractivity contribution in [3.63, 3.8) is 0 Å². The summed E-state index contributed by atoms with van der Waals surface area (Å²) in [6.45, 7) is 14.8. The Balaban J connectivity index is 1.70. The SMILES string of the molecule is CC(CC=CC(C)(C)O)C1CCC2(C=O)C3C(O)C=C4C(C)(C)C(O)CCC4(C)C3CCC12C. The molecule has 0 saturated heterocycles. The van der Waals surface area contributed by atoms with Crippen molar-refractivity contribution < 1.29 is 20.1 Å². The van der Waals surface area contributed by atoms with Gasteiger partial charge in [-0.2, -0.15) is 0 Å². The first-order valence-electron chi connectivity index (χ1n) is 13.6. The summed E-state index contributed by atoms with van der Waals surface area (Å²) in [5, 5.41) is 32.5. The highest BCUT2D eigenvalue weighted by atomic mass is 16.3. The molecule has 0 bridgehead atoms. The summed E-state index contributed by atoms with van der Waals surface area (Å²) in [6, 6.07) is 0. The lowest BCUT2D eigenvalue weighted by Crippen LogP contribution is -2.62. The summed E-state index contributed by atoms with van der Waals surface area (Å²) in [5.74, 6) is 1.03. The molecule has 3 saturated carbocycles. The molecule has 0 aromatic carbocycles. The zero-order chi connectivity index (χ0) is 25.3. The van der Waals surface area contributed by atoms with Crippen LogP contribution in [0.3, 0.4) is 0 Å². The van der Waals surface area contributed by atoms with Crippen LogP contribution in [0.4, 0.5) is 0 Å². The van der Waals surface area contributed by atoms with Gasteiger partial charge in [0.05, 0.1) is 17.8 Å². The van der Waals surface area contributed by atoms with Crippen LogP contribution < -0.4 is 0 Å². The smallest absolute Gasteiger partial charge is 0.127 e. The van der Waals surface area contributed by atoms with Crippen LogP contribution in [0.25, 0.3) is 0 Å². The fourth-order valence-corrected chi connectivity index (χ4v) is 9.39. The minimum Gasteiger partial charge on any atom is -0.392 e. The highest BCUT2D eigenvalue weighted by molar-refractivity contribution is 5.64. The number of hydrogen-bond acceptors (Lipinski definition) is 4. The van der Waals surface area contributed by atoms with Crippen LogP contribution in [0, 0.1) is 45.3 Å². The van der Waals surface area contributed by atoms with Crippen LogP contribution in [0.1, 0.15) is 93.4 Å². The second-order valence-corrected chi connectivity index (χ2v) is 13.9. The summed E-state index contributed by atoms with van der Waals surface area (Å²) < 4.78 is 0. The molecule has 34 heavy (non-hydrogen) atoms. The molecule has 0 amide bonds. The lowest BCUT2D eigenvalue weighted by atomic mass is 9.40. The van der Waals surface area contributed by atoms with Crippen LogP contribution >= 0.6 is 0 Å². The maximum absolute atomic E-state index is 13.1. The molecule has 4 nitrogen and oxygen atoms in total. The summed E-state index contributed by atoms with van der Waals surface area (Å²) in [5.41, 5.74) is -0.686. The molecule has 4 rings (SSSR count). The Morgan fingerprint density at radius 3 is 2.38 bits per heavy atom. The molecule has 0 heterocycles. The summed E-state index contributed by atoms with van der Waals surface area (Å²) in [7, 11) is 0. The van der Waals surface area contributed by atoms with E-state index in [1.807, 2.05) is 12.2 Å². The molecule has 0 radical (unpaired) electrons. The third-order valence-corrected chi connectivity index (χ3v) is 11.3. The molecule has 0 spiro atoms.